The van der Waals surface area contributed by atoms with E-state index in [0.717, 1.165) is 5.56 Å². The molecule has 0 bridgehead atoms. The van der Waals surface area contributed by atoms with Gasteiger partial charge >= 0.3 is 12.3 Å². The average molecular weight is 291 g/mol. The molecule has 112 valence electrons. The molecular formula is C13H16F3NO3. The summed E-state index contributed by atoms with van der Waals surface area (Å²) in [5.41, 5.74) is 0.762. The smallest absolute Gasteiger partial charge is 0.407 e. The van der Waals surface area contributed by atoms with Crippen LogP contribution in [0, 0.1) is 0 Å². The van der Waals surface area contributed by atoms with Crippen LogP contribution < -0.4 is 5.32 Å². The molecule has 0 spiro atoms. The maximum Gasteiger partial charge on any atom is 0.407 e. The highest BCUT2D eigenvalue weighted by molar-refractivity contribution is 5.67. The lowest BCUT2D eigenvalue weighted by molar-refractivity contribution is -0.137. The minimum Gasteiger partial charge on any atom is -0.445 e. The van der Waals surface area contributed by atoms with E-state index in [2.05, 4.69) is 5.32 Å². The number of amides is 1. The molecule has 1 aromatic rings. The van der Waals surface area contributed by atoms with Gasteiger partial charge in [-0.15, -0.1) is 0 Å². The van der Waals surface area contributed by atoms with Gasteiger partial charge < -0.3 is 15.2 Å². The van der Waals surface area contributed by atoms with Gasteiger partial charge in [-0.25, -0.2) is 4.79 Å². The zero-order valence-electron chi connectivity index (χ0n) is 10.7. The number of carbonyl (C=O) groups is 1. The topological polar surface area (TPSA) is 58.6 Å². The third-order valence-electron chi connectivity index (χ3n) is 2.53. The van der Waals surface area contributed by atoms with E-state index in [0.29, 0.717) is 0 Å². The van der Waals surface area contributed by atoms with Crippen LogP contribution in [0.25, 0.3) is 0 Å². The molecule has 20 heavy (non-hydrogen) atoms. The first-order valence-electron chi connectivity index (χ1n) is 6.05. The van der Waals surface area contributed by atoms with Gasteiger partial charge in [0.05, 0.1) is 12.6 Å². The van der Waals surface area contributed by atoms with E-state index in [4.69, 9.17) is 9.84 Å². The number of nitrogens with one attached hydrogen (secondary N) is 1. The minimum absolute atomic E-state index is 0.0179. The Bertz CT molecular complexity index is 409. The van der Waals surface area contributed by atoms with Gasteiger partial charge in [-0.2, -0.15) is 13.2 Å². The van der Waals surface area contributed by atoms with Gasteiger partial charge in [0.25, 0.3) is 0 Å². The summed E-state index contributed by atoms with van der Waals surface area (Å²) < 4.78 is 41.0. The Hall–Kier alpha value is -1.76. The highest BCUT2D eigenvalue weighted by atomic mass is 19.4. The van der Waals surface area contributed by atoms with Crippen LogP contribution in [0.2, 0.25) is 0 Å². The first kappa shape index (κ1) is 16.3. The van der Waals surface area contributed by atoms with Crippen LogP contribution in [-0.2, 0) is 11.3 Å². The van der Waals surface area contributed by atoms with E-state index in [-0.39, 0.29) is 13.0 Å². The van der Waals surface area contributed by atoms with E-state index in [1.54, 1.807) is 24.3 Å². The minimum atomic E-state index is -4.32. The number of aliphatic hydroxyl groups excluding tert-OH is 1. The molecule has 1 atom stereocenters. The van der Waals surface area contributed by atoms with Crippen molar-refractivity contribution in [2.45, 2.75) is 31.7 Å². The normalized spacial score (nSPS) is 12.8. The van der Waals surface area contributed by atoms with Crippen LogP contribution >= 0.6 is 0 Å². The lowest BCUT2D eigenvalue weighted by Crippen LogP contribution is -2.38. The van der Waals surface area contributed by atoms with Gasteiger partial charge in [0.15, 0.2) is 0 Å². The molecule has 0 aliphatic heterocycles. The molecule has 0 aromatic heterocycles. The molecule has 4 nitrogen and oxygen atoms in total. The number of halogens is 3. The molecule has 0 aliphatic rings. The van der Waals surface area contributed by atoms with Gasteiger partial charge in [-0.05, 0) is 12.0 Å². The SMILES string of the molecule is O=C(NC(CO)CCC(F)(F)F)OCc1ccccc1. The number of hydrogen-bond donors (Lipinski definition) is 2. The third-order valence-corrected chi connectivity index (χ3v) is 2.53. The summed E-state index contributed by atoms with van der Waals surface area (Å²) >= 11 is 0. The van der Waals surface area contributed by atoms with Crippen molar-refractivity contribution < 1.29 is 27.8 Å². The predicted octanol–water partition coefficient (Wildman–Crippen LogP) is 2.62. The molecule has 0 heterocycles. The van der Waals surface area contributed by atoms with Crippen LogP contribution in [-0.4, -0.2) is 30.0 Å². The standard InChI is InChI=1S/C13H16F3NO3/c14-13(15,16)7-6-11(8-18)17-12(19)20-9-10-4-2-1-3-5-10/h1-5,11,18H,6-9H2,(H,17,19). The van der Waals surface area contributed by atoms with Gasteiger partial charge in [0.2, 0.25) is 0 Å². The Morgan fingerprint density at radius 3 is 2.50 bits per heavy atom. The van der Waals surface area contributed by atoms with Gasteiger partial charge in [-0.1, -0.05) is 30.3 Å². The fourth-order valence-electron chi connectivity index (χ4n) is 1.48. The van der Waals surface area contributed by atoms with Crippen molar-refractivity contribution in [3.05, 3.63) is 35.9 Å². The van der Waals surface area contributed by atoms with Crippen LogP contribution in [0.4, 0.5) is 18.0 Å². The average Bonchev–Trinajstić information content (AvgIpc) is 2.41. The predicted molar refractivity (Wildman–Crippen MR) is 65.9 cm³/mol. The number of hydrogen-bond acceptors (Lipinski definition) is 3. The maximum atomic E-state index is 12.0. The molecular weight excluding hydrogens is 275 g/mol. The molecule has 0 saturated carbocycles. The Balaban J connectivity index is 2.32. The Kier molecular flexibility index (Phi) is 6.30. The number of carbonyl (C=O) groups excluding carboxylic acids is 1. The molecule has 2 N–H and O–H groups in total. The van der Waals surface area contributed by atoms with E-state index in [1.807, 2.05) is 6.07 Å². The van der Waals surface area contributed by atoms with Crippen LogP contribution in [0.15, 0.2) is 30.3 Å². The lowest BCUT2D eigenvalue weighted by Gasteiger charge is -2.17. The lowest BCUT2D eigenvalue weighted by atomic mass is 10.1. The third kappa shape index (κ3) is 6.98. The van der Waals surface area contributed by atoms with Crippen molar-refractivity contribution >= 4 is 6.09 Å². The second-order valence-corrected chi connectivity index (χ2v) is 4.24. The fraction of sp³-hybridized carbons (Fsp3) is 0.462. The van der Waals surface area contributed by atoms with Gasteiger partial charge in [0.1, 0.15) is 6.61 Å². The number of alkyl halides is 3. The zero-order valence-corrected chi connectivity index (χ0v) is 10.7. The van der Waals surface area contributed by atoms with Crippen molar-refractivity contribution in [2.75, 3.05) is 6.61 Å². The second-order valence-electron chi connectivity index (χ2n) is 4.24. The summed E-state index contributed by atoms with van der Waals surface area (Å²) in [6.07, 6.45) is -6.63. The summed E-state index contributed by atoms with van der Waals surface area (Å²) in [6.45, 7) is -0.555. The molecule has 1 aromatic carbocycles. The highest BCUT2D eigenvalue weighted by Gasteiger charge is 2.28. The summed E-state index contributed by atoms with van der Waals surface area (Å²) in [4.78, 5) is 11.4. The van der Waals surface area contributed by atoms with Crippen molar-refractivity contribution in [1.29, 1.82) is 0 Å². The van der Waals surface area contributed by atoms with Crippen molar-refractivity contribution in [1.82, 2.24) is 5.32 Å². The van der Waals surface area contributed by atoms with Crippen molar-refractivity contribution in [2.24, 2.45) is 0 Å². The molecule has 1 unspecified atom stereocenters. The molecule has 1 rings (SSSR count). The Morgan fingerprint density at radius 2 is 1.95 bits per heavy atom. The number of alkyl carbamates (subject to hydrolysis) is 1. The molecule has 0 radical (unpaired) electrons. The summed E-state index contributed by atoms with van der Waals surface area (Å²) in [5, 5.41) is 11.1. The van der Waals surface area contributed by atoms with E-state index in [1.165, 1.54) is 0 Å². The quantitative estimate of drug-likeness (QED) is 0.847. The fourth-order valence-corrected chi connectivity index (χ4v) is 1.48. The number of rotatable bonds is 6. The maximum absolute atomic E-state index is 12.0. The molecule has 7 heteroatoms. The second kappa shape index (κ2) is 7.74. The Labute approximate surface area is 114 Å². The van der Waals surface area contributed by atoms with Crippen LogP contribution in [0.5, 0.6) is 0 Å². The molecule has 1 amide bonds. The van der Waals surface area contributed by atoms with Gasteiger partial charge in [-0.3, -0.25) is 0 Å². The van der Waals surface area contributed by atoms with Gasteiger partial charge in [0, 0.05) is 6.42 Å². The first-order chi connectivity index (χ1) is 9.40. The van der Waals surface area contributed by atoms with Crippen LogP contribution in [0.1, 0.15) is 18.4 Å². The van der Waals surface area contributed by atoms with E-state index >= 15 is 0 Å². The largest absolute Gasteiger partial charge is 0.445 e. The van der Waals surface area contributed by atoms with Crippen molar-refractivity contribution in [3.8, 4) is 0 Å². The highest BCUT2D eigenvalue weighted by Crippen LogP contribution is 2.22. The van der Waals surface area contributed by atoms with Crippen molar-refractivity contribution in [3.63, 3.8) is 0 Å². The first-order valence-corrected chi connectivity index (χ1v) is 6.05. The molecule has 0 aliphatic carbocycles. The Morgan fingerprint density at radius 1 is 1.30 bits per heavy atom. The monoisotopic (exact) mass is 291 g/mol. The molecule has 0 fully saturated rings. The van der Waals surface area contributed by atoms with E-state index < -0.39 is 31.3 Å². The summed E-state index contributed by atoms with van der Waals surface area (Å²) in [7, 11) is 0. The summed E-state index contributed by atoms with van der Waals surface area (Å²) in [6, 6.07) is 7.89. The number of benzene rings is 1. The zero-order chi connectivity index (χ0) is 15.0. The summed E-state index contributed by atoms with van der Waals surface area (Å²) in [5.74, 6) is 0. The number of aliphatic hydroxyl groups is 1. The molecule has 0 saturated heterocycles. The van der Waals surface area contributed by atoms with Crippen LogP contribution in [0.3, 0.4) is 0 Å². The number of ether oxygens (including phenoxy) is 1. The van der Waals surface area contributed by atoms with E-state index in [9.17, 15) is 18.0 Å².